The highest BCUT2D eigenvalue weighted by Gasteiger charge is 2.25. The molecule has 2 aromatic rings. The molecule has 3 heterocycles. The van der Waals surface area contributed by atoms with Gasteiger partial charge in [0.1, 0.15) is 0 Å². The van der Waals surface area contributed by atoms with Gasteiger partial charge < -0.3 is 15.0 Å². The van der Waals surface area contributed by atoms with Crippen molar-refractivity contribution in [3.8, 4) is 0 Å². The normalized spacial score (nSPS) is 18.8. The predicted octanol–water partition coefficient (Wildman–Crippen LogP) is 2.93. The fourth-order valence-electron chi connectivity index (χ4n) is 4.04. The number of nitrogens with zero attached hydrogens (tertiary/aromatic N) is 2. The summed E-state index contributed by atoms with van der Waals surface area (Å²) < 4.78 is 5.54. The van der Waals surface area contributed by atoms with Crippen LogP contribution in [0.2, 0.25) is 0 Å². The molecule has 1 saturated heterocycles. The van der Waals surface area contributed by atoms with E-state index in [0.29, 0.717) is 6.54 Å². The number of hydrogen-bond acceptors (Lipinski definition) is 5. The molecule has 0 radical (unpaired) electrons. The third-order valence-corrected chi connectivity index (χ3v) is 6.40. The number of aryl methyl sites for hydroxylation is 1. The van der Waals surface area contributed by atoms with E-state index in [2.05, 4.69) is 40.4 Å². The third kappa shape index (κ3) is 4.18. The molecule has 1 atom stereocenters. The van der Waals surface area contributed by atoms with Gasteiger partial charge >= 0.3 is 0 Å². The molecule has 1 N–H and O–H groups in total. The van der Waals surface area contributed by atoms with Gasteiger partial charge in [0.05, 0.1) is 24.1 Å². The molecule has 0 bridgehead atoms. The van der Waals surface area contributed by atoms with Crippen LogP contribution in [0.3, 0.4) is 0 Å². The lowest BCUT2D eigenvalue weighted by Gasteiger charge is -2.36. The minimum absolute atomic E-state index is 0.0148. The lowest BCUT2D eigenvalue weighted by atomic mass is 9.95. The van der Waals surface area contributed by atoms with E-state index in [0.717, 1.165) is 44.1 Å². The van der Waals surface area contributed by atoms with Gasteiger partial charge in [0.25, 0.3) is 5.91 Å². The van der Waals surface area contributed by atoms with Crippen molar-refractivity contribution in [3.63, 3.8) is 0 Å². The Labute approximate surface area is 164 Å². The van der Waals surface area contributed by atoms with Crippen LogP contribution in [0, 0.1) is 0 Å². The van der Waals surface area contributed by atoms with Gasteiger partial charge in [0.15, 0.2) is 0 Å². The molecule has 144 valence electrons. The van der Waals surface area contributed by atoms with Crippen LogP contribution in [0.15, 0.2) is 35.7 Å². The molecule has 2 aliphatic heterocycles. The molecule has 27 heavy (non-hydrogen) atoms. The fourth-order valence-corrected chi connectivity index (χ4v) is 4.68. The van der Waals surface area contributed by atoms with E-state index < -0.39 is 0 Å². The van der Waals surface area contributed by atoms with Crippen molar-refractivity contribution >= 4 is 22.9 Å². The second kappa shape index (κ2) is 8.42. The number of amides is 1. The second-order valence-electron chi connectivity index (χ2n) is 7.26. The van der Waals surface area contributed by atoms with Crippen molar-refractivity contribution in [2.24, 2.45) is 0 Å². The summed E-state index contributed by atoms with van der Waals surface area (Å²) in [4.78, 5) is 18.0. The number of fused-ring (bicyclic) bond motifs is 1. The van der Waals surface area contributed by atoms with Gasteiger partial charge in [0.2, 0.25) is 0 Å². The van der Waals surface area contributed by atoms with Gasteiger partial charge in [-0.05, 0) is 41.5 Å². The number of morpholine rings is 1. The summed E-state index contributed by atoms with van der Waals surface area (Å²) in [6.07, 6.45) is 2.33. The molecule has 2 aliphatic rings. The number of thiophene rings is 1. The highest BCUT2D eigenvalue weighted by atomic mass is 32.1. The van der Waals surface area contributed by atoms with Crippen LogP contribution < -0.4 is 10.2 Å². The third-order valence-electron chi connectivity index (χ3n) is 5.53. The van der Waals surface area contributed by atoms with Crippen molar-refractivity contribution in [2.45, 2.75) is 18.9 Å². The van der Waals surface area contributed by atoms with Gasteiger partial charge in [-0.1, -0.05) is 18.2 Å². The Kier molecular flexibility index (Phi) is 5.76. The fraction of sp³-hybridized carbons (Fsp3) is 0.476. The molecule has 1 amide bonds. The first-order chi connectivity index (χ1) is 13.2. The van der Waals surface area contributed by atoms with Crippen molar-refractivity contribution in [3.05, 3.63) is 51.7 Å². The van der Waals surface area contributed by atoms with Gasteiger partial charge in [-0.15, -0.1) is 11.3 Å². The summed E-state index contributed by atoms with van der Waals surface area (Å²) >= 11 is 1.48. The molecule has 4 rings (SSSR count). The Bertz CT molecular complexity index is 772. The molecule has 1 aromatic carbocycles. The van der Waals surface area contributed by atoms with Gasteiger partial charge in [-0.2, -0.15) is 0 Å². The highest BCUT2D eigenvalue weighted by Crippen LogP contribution is 2.31. The van der Waals surface area contributed by atoms with Gasteiger partial charge in [-0.25, -0.2) is 0 Å². The van der Waals surface area contributed by atoms with E-state index in [4.69, 9.17) is 4.74 Å². The number of carbonyl (C=O) groups excluding carboxylic acids is 1. The largest absolute Gasteiger partial charge is 0.379 e. The molecule has 0 spiro atoms. The minimum Gasteiger partial charge on any atom is -0.379 e. The quantitative estimate of drug-likeness (QED) is 0.860. The standard InChI is InChI=1S/C21H27N3O2S/c1-23-8-2-4-16-14-17(6-7-18(16)23)19(24-9-11-26-12-10-24)15-22-21(25)20-5-3-13-27-20/h3,5-7,13-14,19H,2,4,8-12,15H2,1H3,(H,22,25)/t19-/m1/s1. The maximum atomic E-state index is 12.4. The number of benzene rings is 1. The Morgan fingerprint density at radius 1 is 1.26 bits per heavy atom. The Hall–Kier alpha value is -1.89. The summed E-state index contributed by atoms with van der Waals surface area (Å²) in [7, 11) is 2.17. The number of rotatable bonds is 5. The van der Waals surface area contributed by atoms with E-state index in [1.165, 1.54) is 34.6 Å². The average Bonchev–Trinajstić information content (AvgIpc) is 3.24. The predicted molar refractivity (Wildman–Crippen MR) is 110 cm³/mol. The SMILES string of the molecule is CN1CCCc2cc([C@@H](CNC(=O)c3cccs3)N3CCOCC3)ccc21. The van der Waals surface area contributed by atoms with Crippen molar-refractivity contribution in [1.29, 1.82) is 0 Å². The monoisotopic (exact) mass is 385 g/mol. The molecule has 0 aliphatic carbocycles. The summed E-state index contributed by atoms with van der Waals surface area (Å²) in [5.74, 6) is 0.0148. The maximum Gasteiger partial charge on any atom is 0.261 e. The first kappa shape index (κ1) is 18.5. The topological polar surface area (TPSA) is 44.8 Å². The van der Waals surface area contributed by atoms with Crippen molar-refractivity contribution < 1.29 is 9.53 Å². The number of carbonyl (C=O) groups is 1. The lowest BCUT2D eigenvalue weighted by molar-refractivity contribution is 0.0162. The van der Waals surface area contributed by atoms with Crippen LogP contribution in [-0.2, 0) is 11.2 Å². The first-order valence-electron chi connectivity index (χ1n) is 9.70. The zero-order chi connectivity index (χ0) is 18.6. The van der Waals surface area contributed by atoms with E-state index in [1.54, 1.807) is 0 Å². The zero-order valence-corrected chi connectivity index (χ0v) is 16.6. The molecule has 5 nitrogen and oxygen atoms in total. The summed E-state index contributed by atoms with van der Waals surface area (Å²) in [6.45, 7) is 5.04. The summed E-state index contributed by atoms with van der Waals surface area (Å²) in [5, 5.41) is 5.09. The highest BCUT2D eigenvalue weighted by molar-refractivity contribution is 7.12. The molecule has 6 heteroatoms. The number of anilines is 1. The van der Waals surface area contributed by atoms with E-state index >= 15 is 0 Å². The van der Waals surface area contributed by atoms with Crippen LogP contribution in [0.25, 0.3) is 0 Å². The Balaban J connectivity index is 1.55. The van der Waals surface area contributed by atoms with Gasteiger partial charge in [-0.3, -0.25) is 9.69 Å². The summed E-state index contributed by atoms with van der Waals surface area (Å²) in [6, 6.07) is 10.8. The van der Waals surface area contributed by atoms with Crippen molar-refractivity contribution in [1.82, 2.24) is 10.2 Å². The molecule has 0 unspecified atom stereocenters. The number of nitrogens with one attached hydrogen (secondary N) is 1. The maximum absolute atomic E-state index is 12.4. The smallest absolute Gasteiger partial charge is 0.261 e. The zero-order valence-electron chi connectivity index (χ0n) is 15.8. The average molecular weight is 386 g/mol. The van der Waals surface area contributed by atoms with E-state index in [1.807, 2.05) is 17.5 Å². The molecular formula is C21H27N3O2S. The van der Waals surface area contributed by atoms with Crippen LogP contribution in [-0.4, -0.2) is 57.2 Å². The van der Waals surface area contributed by atoms with Gasteiger partial charge in [0, 0.05) is 38.9 Å². The van der Waals surface area contributed by atoms with Crippen LogP contribution in [0.5, 0.6) is 0 Å². The summed E-state index contributed by atoms with van der Waals surface area (Å²) in [5.41, 5.74) is 4.05. The molecule has 0 saturated carbocycles. The second-order valence-corrected chi connectivity index (χ2v) is 8.21. The van der Waals surface area contributed by atoms with E-state index in [9.17, 15) is 4.79 Å². The van der Waals surface area contributed by atoms with Crippen LogP contribution >= 0.6 is 11.3 Å². The molecular weight excluding hydrogens is 358 g/mol. The first-order valence-corrected chi connectivity index (χ1v) is 10.6. The van der Waals surface area contributed by atoms with Crippen LogP contribution in [0.4, 0.5) is 5.69 Å². The molecule has 1 fully saturated rings. The molecule has 1 aromatic heterocycles. The van der Waals surface area contributed by atoms with E-state index in [-0.39, 0.29) is 11.9 Å². The Morgan fingerprint density at radius 3 is 2.89 bits per heavy atom. The Morgan fingerprint density at radius 2 is 2.11 bits per heavy atom. The lowest BCUT2D eigenvalue weighted by Crippen LogP contribution is -2.43. The minimum atomic E-state index is 0.0148. The number of ether oxygens (including phenoxy) is 1. The van der Waals surface area contributed by atoms with Crippen LogP contribution in [0.1, 0.15) is 33.3 Å². The number of hydrogen-bond donors (Lipinski definition) is 1. The van der Waals surface area contributed by atoms with Crippen molar-refractivity contribution in [2.75, 3.05) is 51.3 Å².